The van der Waals surface area contributed by atoms with Crippen molar-refractivity contribution in [2.24, 2.45) is 0 Å². The maximum atomic E-state index is 12.4. The number of carboxylic acid groups (broad SMARTS) is 1. The maximum Gasteiger partial charge on any atom is 1.00 e. The zero-order valence-corrected chi connectivity index (χ0v) is 70.9. The van der Waals surface area contributed by atoms with Crippen molar-refractivity contribution in [3.05, 3.63) is 133 Å². The van der Waals surface area contributed by atoms with Gasteiger partial charge in [0.1, 0.15) is 17.9 Å². The molecule has 0 unspecified atom stereocenters. The number of allylic oxidation sites excluding steroid dienone is 2. The van der Waals surface area contributed by atoms with Crippen LogP contribution in [0.5, 0.6) is 0 Å². The number of hydrogen-bond acceptors (Lipinski definition) is 15. The monoisotopic (exact) mass is 1510 g/mol. The first-order valence-electron chi connectivity index (χ1n) is 38.5. The molecule has 20 heteroatoms. The Labute approximate surface area is 653 Å². The van der Waals surface area contributed by atoms with E-state index in [2.05, 4.69) is 193 Å². The predicted octanol–water partition coefficient (Wildman–Crippen LogP) is 15.1. The molecule has 0 aromatic heterocycles. The Kier molecular flexibility index (Phi) is 63.6. The van der Waals surface area contributed by atoms with Crippen molar-refractivity contribution in [2.45, 2.75) is 303 Å². The molecule has 0 amide bonds. The van der Waals surface area contributed by atoms with E-state index in [0.29, 0.717) is 24.4 Å². The van der Waals surface area contributed by atoms with Gasteiger partial charge in [0.05, 0.1) is 21.3 Å². The largest absolute Gasteiger partial charge is 1.00 e. The summed E-state index contributed by atoms with van der Waals surface area (Å²) in [5.74, 6) is 0.0619. The third kappa shape index (κ3) is 48.5. The number of carboxylic acids is 1. The number of ether oxygens (including phenoxy) is 1. The van der Waals surface area contributed by atoms with E-state index in [4.69, 9.17) is 24.0 Å². The Hall–Kier alpha value is -4.78. The minimum absolute atomic E-state index is 0. The van der Waals surface area contributed by atoms with Gasteiger partial charge in [-0.2, -0.15) is 8.42 Å². The fraction of sp³-hybridized carbons (Fsp3) is 0.619. The molecular weight excluding hydrogens is 1380 g/mol. The van der Waals surface area contributed by atoms with E-state index < -0.39 is 33.0 Å². The summed E-state index contributed by atoms with van der Waals surface area (Å²) in [6, 6.07) is 43.6. The van der Waals surface area contributed by atoms with Gasteiger partial charge in [-0.05, 0) is 108 Å². The molecule has 4 aromatic carbocycles. The first kappa shape index (κ1) is 101. The van der Waals surface area contributed by atoms with Crippen molar-refractivity contribution >= 4 is 84.0 Å². The van der Waals surface area contributed by atoms with Crippen LogP contribution in [0.2, 0.25) is 10.1 Å². The third-order valence-electron chi connectivity index (χ3n) is 18.2. The standard InChI is InChI=1S/C44H70O4Si.C34H52O3Si.C3H6O2.C2H6O4S.CH2O3.Na/c1-44(2,3)49(41-34-26-22-27-35-41,42-36-28-23-29-37-42)48-39-31-21-17-16-19-25-33-40(45)32-24-18-14-12-10-8-6-5-7-9-11-13-15-20-30-38-43(46)47-4;1-34(2,3)38(32-25-17-13-18-26-32,33-27-19-14-20-28-33)37-30-22-12-8-6-10-16-24-31(36)23-15-9-5-4-7-11-21-29-35;1-2-3(4)5;1-5-7(3,4)6-2;2-1-4-3;/h5,7,22-23,26-29,34-37H,6,8-21,24-25,30-33,38-39H2,1-4H3;13-14,17-20,25-29H,4-12,15-16,21-24,30H2,1-3H3;2H2,1H3,(H,4,5);1-2H3;1,3H;/q;;;;;+1/p-1/b7-5-;;;;;. The topological polar surface area (TPSA) is 235 Å². The van der Waals surface area contributed by atoms with Crippen LogP contribution in [0.25, 0.3) is 0 Å². The predicted molar refractivity (Wildman–Crippen MR) is 423 cm³/mol. The quantitative estimate of drug-likeness (QED) is 0.00823. The number of Topliss-reactive ketones (excluding diaryl/α,β-unsaturated/α-hetero) is 2. The number of aldehydes is 1. The summed E-state index contributed by atoms with van der Waals surface area (Å²) in [7, 11) is -4.99. The van der Waals surface area contributed by atoms with Crippen molar-refractivity contribution in [2.75, 3.05) is 34.5 Å². The molecule has 104 heavy (non-hydrogen) atoms. The molecule has 4 rings (SSSR count). The number of hydrogen-bond donors (Lipinski definition) is 1. The van der Waals surface area contributed by atoms with E-state index in [1.807, 2.05) is 0 Å². The number of unbranched alkanes of at least 4 members (excludes halogenated alkanes) is 27. The normalized spacial score (nSPS) is 11.4. The molecule has 0 saturated carbocycles. The Morgan fingerprint density at radius 1 is 0.413 bits per heavy atom. The summed E-state index contributed by atoms with van der Waals surface area (Å²) in [4.78, 5) is 66.5. The van der Waals surface area contributed by atoms with E-state index in [1.165, 1.54) is 143 Å². The second-order valence-electron chi connectivity index (χ2n) is 28.4. The van der Waals surface area contributed by atoms with Crippen LogP contribution in [-0.2, 0) is 66.0 Å². The number of methoxy groups -OCH3 is 1. The van der Waals surface area contributed by atoms with Gasteiger partial charge < -0.3 is 33.6 Å². The van der Waals surface area contributed by atoms with E-state index in [9.17, 15) is 32.4 Å². The molecule has 0 fully saturated rings. The molecule has 0 radical (unpaired) electrons. The molecule has 16 nitrogen and oxygen atoms in total. The molecule has 582 valence electrons. The van der Waals surface area contributed by atoms with Crippen LogP contribution in [0.4, 0.5) is 0 Å². The molecule has 0 atom stereocenters. The van der Waals surface area contributed by atoms with Gasteiger partial charge in [0.15, 0.2) is 0 Å². The van der Waals surface area contributed by atoms with Crippen LogP contribution < -0.4 is 55.6 Å². The summed E-state index contributed by atoms with van der Waals surface area (Å²) >= 11 is 0. The van der Waals surface area contributed by atoms with Gasteiger partial charge in [-0.1, -0.05) is 304 Å². The number of esters is 1. The summed E-state index contributed by atoms with van der Waals surface area (Å²) in [5, 5.41) is 21.6. The first-order chi connectivity index (χ1) is 49.5. The second kappa shape index (κ2) is 65.3. The summed E-state index contributed by atoms with van der Waals surface area (Å²) < 4.78 is 46.2. The Bertz CT molecular complexity index is 2780. The van der Waals surface area contributed by atoms with Crippen LogP contribution in [0, 0.1) is 0 Å². The number of ketones is 2. The number of carbonyl (C=O) groups excluding carboxylic acids is 5. The minimum Gasteiger partial charge on any atom is -0.662 e. The molecule has 0 aliphatic heterocycles. The van der Waals surface area contributed by atoms with Gasteiger partial charge in [0, 0.05) is 58.2 Å². The van der Waals surface area contributed by atoms with Crippen LogP contribution in [-0.4, -0.2) is 101 Å². The molecule has 4 aromatic rings. The van der Waals surface area contributed by atoms with E-state index in [1.54, 1.807) is 6.92 Å². The van der Waals surface area contributed by atoms with Crippen molar-refractivity contribution in [1.29, 1.82) is 0 Å². The minimum atomic E-state index is -3.66. The fourth-order valence-electron chi connectivity index (χ4n) is 12.5. The van der Waals surface area contributed by atoms with E-state index >= 15 is 0 Å². The van der Waals surface area contributed by atoms with E-state index in [-0.39, 0.29) is 58.5 Å². The van der Waals surface area contributed by atoms with Gasteiger partial charge in [0.2, 0.25) is 0 Å². The zero-order valence-electron chi connectivity index (χ0n) is 66.1. The summed E-state index contributed by atoms with van der Waals surface area (Å²) in [5.41, 5.74) is 0. The Morgan fingerprint density at radius 3 is 0.875 bits per heavy atom. The average Bonchev–Trinajstić information content (AvgIpc) is 0.759. The molecule has 0 heterocycles. The summed E-state index contributed by atoms with van der Waals surface area (Å²) in [6.45, 7) is 17.0. The van der Waals surface area contributed by atoms with Crippen LogP contribution in [0.3, 0.4) is 0 Å². The average molecular weight is 1510 g/mol. The van der Waals surface area contributed by atoms with Crippen molar-refractivity contribution in [1.82, 2.24) is 0 Å². The molecule has 0 spiro atoms. The van der Waals surface area contributed by atoms with Crippen molar-refractivity contribution in [3.63, 3.8) is 0 Å². The van der Waals surface area contributed by atoms with Gasteiger partial charge in [-0.3, -0.25) is 32.3 Å². The molecular formula is C84H135NaO16SSi2. The number of benzene rings is 4. The second-order valence-corrected chi connectivity index (χ2v) is 38.5. The number of aliphatic carboxylic acids is 1. The first-order valence-corrected chi connectivity index (χ1v) is 43.7. The van der Waals surface area contributed by atoms with Gasteiger partial charge >= 0.3 is 51.9 Å². The maximum absolute atomic E-state index is 12.4. The van der Waals surface area contributed by atoms with E-state index in [0.717, 1.165) is 143 Å². The molecule has 0 aliphatic rings. The molecule has 0 saturated heterocycles. The van der Waals surface area contributed by atoms with Crippen molar-refractivity contribution < 1.29 is 104 Å². The summed E-state index contributed by atoms with van der Waals surface area (Å²) in [6.07, 6.45) is 46.1. The zero-order chi connectivity index (χ0) is 76.6. The molecule has 0 aliphatic carbocycles. The Balaban J connectivity index is 0. The van der Waals surface area contributed by atoms with Gasteiger partial charge in [-0.15, -0.1) is 0 Å². The van der Waals surface area contributed by atoms with Crippen LogP contribution in [0.1, 0.15) is 292 Å². The van der Waals surface area contributed by atoms with Crippen LogP contribution >= 0.6 is 0 Å². The third-order valence-corrected chi connectivity index (χ3v) is 29.1. The van der Waals surface area contributed by atoms with Crippen molar-refractivity contribution in [3.8, 4) is 0 Å². The fourth-order valence-corrected chi connectivity index (χ4v) is 21.9. The van der Waals surface area contributed by atoms with Gasteiger partial charge in [-0.25, -0.2) is 0 Å². The van der Waals surface area contributed by atoms with Gasteiger partial charge in [0.25, 0.3) is 23.1 Å². The SMILES string of the molecule is CC(C)(C)[Si](OCCCCCCCCC(=O)CCCCCCCCC=O)(c1ccccc1)c1ccccc1.CCC(=O)O.COC(=O)CCCCCCC/C=C\CCCCCCCCC(=O)CCCCCCCCO[Si](c1ccccc1)(c1ccccc1)C(C)(C)C.COS(=O)(=O)OC.O=CO[O-].[Na+]. The molecule has 1 N–H and O–H groups in total. The smallest absolute Gasteiger partial charge is 0.662 e. The van der Waals surface area contributed by atoms with Crippen LogP contribution in [0.15, 0.2) is 133 Å². The Morgan fingerprint density at radius 2 is 0.654 bits per heavy atom. The number of carbonyl (C=O) groups is 6. The number of rotatable bonds is 54. The molecule has 0 bridgehead atoms.